The number of aromatic nitrogens is 2. The van der Waals surface area contributed by atoms with E-state index in [4.69, 9.17) is 0 Å². The predicted molar refractivity (Wildman–Crippen MR) is 130 cm³/mol. The topological polar surface area (TPSA) is 74.5 Å². The van der Waals surface area contributed by atoms with Gasteiger partial charge in [-0.3, -0.25) is 4.99 Å². The standard InChI is InChI=1S/C26H29N5O/c1-27-26(29-16-23(18-32)22-7-3-2-4-8-22)28-15-20-11-13-21(14-12-20)17-31-19-30-24-9-5-6-10-25(24)31/h2-14,19,23,32H,15-18H2,1H3,(H2,27,28,29). The third-order valence-corrected chi connectivity index (χ3v) is 5.59. The summed E-state index contributed by atoms with van der Waals surface area (Å²) in [6.07, 6.45) is 1.89. The van der Waals surface area contributed by atoms with Crippen LogP contribution in [0.1, 0.15) is 22.6 Å². The third-order valence-electron chi connectivity index (χ3n) is 5.59. The van der Waals surface area contributed by atoms with Gasteiger partial charge >= 0.3 is 0 Å². The second-order valence-electron chi connectivity index (χ2n) is 7.77. The minimum Gasteiger partial charge on any atom is -0.396 e. The normalized spacial score (nSPS) is 12.6. The van der Waals surface area contributed by atoms with Gasteiger partial charge in [0.2, 0.25) is 0 Å². The number of nitrogens with zero attached hydrogens (tertiary/aromatic N) is 3. The summed E-state index contributed by atoms with van der Waals surface area (Å²) in [7, 11) is 1.75. The molecule has 1 aromatic heterocycles. The van der Waals surface area contributed by atoms with Crippen LogP contribution in [0.25, 0.3) is 11.0 Å². The smallest absolute Gasteiger partial charge is 0.191 e. The lowest BCUT2D eigenvalue weighted by Gasteiger charge is -2.18. The van der Waals surface area contributed by atoms with E-state index in [9.17, 15) is 5.11 Å². The van der Waals surface area contributed by atoms with Crippen LogP contribution in [0.2, 0.25) is 0 Å². The van der Waals surface area contributed by atoms with Crippen molar-refractivity contribution in [3.63, 3.8) is 0 Å². The number of aliphatic imine (C=N–C) groups is 1. The molecular formula is C26H29N5O. The molecule has 0 spiro atoms. The highest BCUT2D eigenvalue weighted by atomic mass is 16.3. The summed E-state index contributed by atoms with van der Waals surface area (Å²) in [6, 6.07) is 26.8. The van der Waals surface area contributed by atoms with Gasteiger partial charge in [0.05, 0.1) is 24.0 Å². The molecule has 32 heavy (non-hydrogen) atoms. The van der Waals surface area contributed by atoms with Gasteiger partial charge < -0.3 is 20.3 Å². The first-order chi connectivity index (χ1) is 15.8. The van der Waals surface area contributed by atoms with E-state index in [1.54, 1.807) is 7.05 Å². The average Bonchev–Trinajstić information content (AvgIpc) is 3.26. The summed E-state index contributed by atoms with van der Waals surface area (Å²) in [5.41, 5.74) is 5.67. The fourth-order valence-corrected chi connectivity index (χ4v) is 3.73. The van der Waals surface area contributed by atoms with Gasteiger partial charge in [-0.15, -0.1) is 0 Å². The second kappa shape index (κ2) is 10.6. The van der Waals surface area contributed by atoms with Crippen molar-refractivity contribution in [2.45, 2.75) is 19.0 Å². The Hall–Kier alpha value is -3.64. The number of imidazole rings is 1. The quantitative estimate of drug-likeness (QED) is 0.297. The third kappa shape index (κ3) is 5.34. The van der Waals surface area contributed by atoms with Crippen LogP contribution in [0.5, 0.6) is 0 Å². The van der Waals surface area contributed by atoms with Crippen molar-refractivity contribution in [2.24, 2.45) is 4.99 Å². The van der Waals surface area contributed by atoms with Crippen LogP contribution in [0.3, 0.4) is 0 Å². The fraction of sp³-hybridized carbons (Fsp3) is 0.231. The number of hydrogen-bond donors (Lipinski definition) is 3. The molecule has 1 atom stereocenters. The Bertz CT molecular complexity index is 1150. The Labute approximate surface area is 188 Å². The summed E-state index contributed by atoms with van der Waals surface area (Å²) in [5, 5.41) is 16.4. The van der Waals surface area contributed by atoms with Gasteiger partial charge in [-0.25, -0.2) is 4.98 Å². The number of para-hydroxylation sites is 2. The van der Waals surface area contributed by atoms with E-state index in [0.29, 0.717) is 19.0 Å². The number of rotatable bonds is 8. The number of fused-ring (bicyclic) bond motifs is 1. The molecule has 164 valence electrons. The first kappa shape index (κ1) is 21.6. The van der Waals surface area contributed by atoms with Crippen molar-refractivity contribution in [1.29, 1.82) is 0 Å². The zero-order valence-corrected chi connectivity index (χ0v) is 18.3. The van der Waals surface area contributed by atoms with Gasteiger partial charge in [-0.1, -0.05) is 66.7 Å². The monoisotopic (exact) mass is 427 g/mol. The van der Waals surface area contributed by atoms with Gasteiger partial charge in [0.1, 0.15) is 0 Å². The lowest BCUT2D eigenvalue weighted by atomic mass is 10.0. The molecule has 0 saturated heterocycles. The SMILES string of the molecule is CN=C(NCc1ccc(Cn2cnc3ccccc32)cc1)NCC(CO)c1ccccc1. The van der Waals surface area contributed by atoms with Crippen LogP contribution in [0.15, 0.2) is 90.2 Å². The molecule has 4 rings (SSSR count). The number of hydrogen-bond acceptors (Lipinski definition) is 3. The zero-order valence-electron chi connectivity index (χ0n) is 18.3. The maximum atomic E-state index is 9.74. The van der Waals surface area contributed by atoms with Crippen molar-refractivity contribution in [1.82, 2.24) is 20.2 Å². The Balaban J connectivity index is 1.30. The number of nitrogens with one attached hydrogen (secondary N) is 2. The van der Waals surface area contributed by atoms with Gasteiger partial charge in [-0.2, -0.15) is 0 Å². The lowest BCUT2D eigenvalue weighted by molar-refractivity contribution is 0.265. The molecule has 0 radical (unpaired) electrons. The summed E-state index contributed by atoms with van der Waals surface area (Å²) in [5.74, 6) is 0.738. The number of aliphatic hydroxyl groups is 1. The molecule has 0 aliphatic heterocycles. The van der Waals surface area contributed by atoms with E-state index in [-0.39, 0.29) is 12.5 Å². The van der Waals surface area contributed by atoms with Crippen LogP contribution in [0, 0.1) is 0 Å². The average molecular weight is 428 g/mol. The minimum absolute atomic E-state index is 0.0216. The van der Waals surface area contributed by atoms with E-state index < -0.39 is 0 Å². The molecular weight excluding hydrogens is 398 g/mol. The van der Waals surface area contributed by atoms with Crippen LogP contribution in [-0.2, 0) is 13.1 Å². The predicted octanol–water partition coefficient (Wildman–Crippen LogP) is 3.53. The van der Waals surface area contributed by atoms with E-state index in [0.717, 1.165) is 23.1 Å². The summed E-state index contributed by atoms with van der Waals surface area (Å²) < 4.78 is 2.17. The molecule has 4 aromatic rings. The highest BCUT2D eigenvalue weighted by Gasteiger charge is 2.11. The highest BCUT2D eigenvalue weighted by molar-refractivity contribution is 5.79. The van der Waals surface area contributed by atoms with Crippen molar-refractivity contribution in [2.75, 3.05) is 20.2 Å². The maximum Gasteiger partial charge on any atom is 0.191 e. The van der Waals surface area contributed by atoms with Crippen LogP contribution >= 0.6 is 0 Å². The first-order valence-electron chi connectivity index (χ1n) is 10.8. The molecule has 3 aromatic carbocycles. The summed E-state index contributed by atoms with van der Waals surface area (Å²) >= 11 is 0. The van der Waals surface area contributed by atoms with Crippen LogP contribution in [-0.4, -0.2) is 40.8 Å². The Morgan fingerprint density at radius 1 is 0.938 bits per heavy atom. The molecule has 0 fully saturated rings. The Morgan fingerprint density at radius 3 is 2.41 bits per heavy atom. The fourth-order valence-electron chi connectivity index (χ4n) is 3.73. The second-order valence-corrected chi connectivity index (χ2v) is 7.77. The van der Waals surface area contributed by atoms with E-state index in [2.05, 4.69) is 55.5 Å². The van der Waals surface area contributed by atoms with Crippen molar-refractivity contribution in [3.05, 3.63) is 102 Å². The molecule has 0 bridgehead atoms. The maximum absolute atomic E-state index is 9.74. The highest BCUT2D eigenvalue weighted by Crippen LogP contribution is 2.15. The van der Waals surface area contributed by atoms with Crippen LogP contribution < -0.4 is 10.6 Å². The molecule has 0 saturated carbocycles. The number of aliphatic hydroxyl groups excluding tert-OH is 1. The van der Waals surface area contributed by atoms with Gasteiger partial charge in [-0.05, 0) is 28.8 Å². The molecule has 0 aliphatic carbocycles. The van der Waals surface area contributed by atoms with Crippen LogP contribution in [0.4, 0.5) is 0 Å². The van der Waals surface area contributed by atoms with Gasteiger partial charge in [0.25, 0.3) is 0 Å². The van der Waals surface area contributed by atoms with Gasteiger partial charge in [0.15, 0.2) is 5.96 Å². The Kier molecular flexibility index (Phi) is 7.15. The van der Waals surface area contributed by atoms with Gasteiger partial charge in [0, 0.05) is 32.6 Å². The lowest BCUT2D eigenvalue weighted by Crippen LogP contribution is -2.39. The molecule has 6 nitrogen and oxygen atoms in total. The number of benzene rings is 3. The molecule has 3 N–H and O–H groups in total. The number of guanidine groups is 1. The van der Waals surface area contributed by atoms with E-state index in [1.165, 1.54) is 11.1 Å². The summed E-state index contributed by atoms with van der Waals surface area (Å²) in [6.45, 7) is 2.15. The molecule has 0 aliphatic rings. The zero-order chi connectivity index (χ0) is 22.2. The first-order valence-corrected chi connectivity index (χ1v) is 10.8. The summed E-state index contributed by atoms with van der Waals surface area (Å²) in [4.78, 5) is 8.76. The van der Waals surface area contributed by atoms with Crippen molar-refractivity contribution >= 4 is 17.0 Å². The van der Waals surface area contributed by atoms with E-state index >= 15 is 0 Å². The van der Waals surface area contributed by atoms with Crippen molar-refractivity contribution in [3.8, 4) is 0 Å². The molecule has 1 unspecified atom stereocenters. The largest absolute Gasteiger partial charge is 0.396 e. The Morgan fingerprint density at radius 2 is 1.66 bits per heavy atom. The van der Waals surface area contributed by atoms with E-state index in [1.807, 2.05) is 54.9 Å². The molecule has 1 heterocycles. The molecule has 6 heteroatoms. The van der Waals surface area contributed by atoms with Crippen molar-refractivity contribution < 1.29 is 5.11 Å². The molecule has 0 amide bonds. The minimum atomic E-state index is 0.0216.